The van der Waals surface area contributed by atoms with Gasteiger partial charge in [0.05, 0.1) is 13.1 Å². The Balaban J connectivity index is 0.00000312. The van der Waals surface area contributed by atoms with E-state index in [9.17, 15) is 4.79 Å². The van der Waals surface area contributed by atoms with Crippen molar-refractivity contribution < 1.29 is 4.79 Å². The van der Waals surface area contributed by atoms with Gasteiger partial charge >= 0.3 is 0 Å². The molecule has 0 bridgehead atoms. The van der Waals surface area contributed by atoms with Crippen LogP contribution < -0.4 is 16.0 Å². The predicted octanol–water partition coefficient (Wildman–Crippen LogP) is 1.30. The second-order valence-electron chi connectivity index (χ2n) is 5.18. The second kappa shape index (κ2) is 10.6. The van der Waals surface area contributed by atoms with Crippen LogP contribution in [-0.4, -0.2) is 40.2 Å². The monoisotopic (exact) mass is 457 g/mol. The molecule has 136 valence electrons. The number of benzene rings is 1. The van der Waals surface area contributed by atoms with E-state index in [4.69, 9.17) is 0 Å². The number of aromatic nitrogens is 3. The Kier molecular flexibility index (Phi) is 8.89. The van der Waals surface area contributed by atoms with Crippen LogP contribution >= 0.6 is 24.0 Å². The summed E-state index contributed by atoms with van der Waals surface area (Å²) in [5.74, 6) is 1.17. The summed E-state index contributed by atoms with van der Waals surface area (Å²) in [5.41, 5.74) is 1.98. The van der Waals surface area contributed by atoms with Crippen LogP contribution in [0.25, 0.3) is 0 Å². The van der Waals surface area contributed by atoms with E-state index in [2.05, 4.69) is 37.9 Å². The molecular formula is C16H24IN7O. The van der Waals surface area contributed by atoms with Gasteiger partial charge < -0.3 is 16.0 Å². The highest BCUT2D eigenvalue weighted by Gasteiger charge is 2.06. The molecule has 0 aliphatic heterocycles. The van der Waals surface area contributed by atoms with Gasteiger partial charge in [-0.25, -0.2) is 4.98 Å². The zero-order valence-electron chi connectivity index (χ0n) is 14.6. The number of aryl methyl sites for hydroxylation is 2. The molecule has 2 rings (SSSR count). The molecule has 1 aromatic heterocycles. The Morgan fingerprint density at radius 2 is 2.12 bits per heavy atom. The van der Waals surface area contributed by atoms with Crippen LogP contribution in [0.3, 0.4) is 0 Å². The van der Waals surface area contributed by atoms with Crippen LogP contribution in [0.1, 0.15) is 18.3 Å². The fourth-order valence-corrected chi connectivity index (χ4v) is 2.10. The zero-order valence-corrected chi connectivity index (χ0v) is 16.9. The van der Waals surface area contributed by atoms with Gasteiger partial charge in [0.1, 0.15) is 12.2 Å². The normalized spacial score (nSPS) is 10.8. The Hall–Kier alpha value is -2.17. The van der Waals surface area contributed by atoms with Crippen molar-refractivity contribution in [3.05, 3.63) is 42.0 Å². The molecule has 8 nitrogen and oxygen atoms in total. The van der Waals surface area contributed by atoms with Crippen LogP contribution in [0.5, 0.6) is 0 Å². The topological polar surface area (TPSA) is 96.2 Å². The average molecular weight is 457 g/mol. The zero-order chi connectivity index (χ0) is 17.4. The number of guanidine groups is 1. The van der Waals surface area contributed by atoms with E-state index in [-0.39, 0.29) is 36.4 Å². The smallest absolute Gasteiger partial charge is 0.243 e. The SMILES string of the molecule is CCc1cccc(NC(=O)CNC(=NC)NCc2ncnn2C)c1.I. The summed E-state index contributed by atoms with van der Waals surface area (Å²) in [7, 11) is 3.46. The first-order chi connectivity index (χ1) is 11.6. The van der Waals surface area contributed by atoms with Crippen LogP contribution in [-0.2, 0) is 24.8 Å². The van der Waals surface area contributed by atoms with Gasteiger partial charge in [-0.05, 0) is 24.1 Å². The summed E-state index contributed by atoms with van der Waals surface area (Å²) in [6, 6.07) is 7.81. The lowest BCUT2D eigenvalue weighted by Gasteiger charge is -2.12. The second-order valence-corrected chi connectivity index (χ2v) is 5.18. The first kappa shape index (κ1) is 20.9. The van der Waals surface area contributed by atoms with E-state index in [0.29, 0.717) is 12.5 Å². The van der Waals surface area contributed by atoms with Crippen LogP contribution in [0.4, 0.5) is 5.69 Å². The van der Waals surface area contributed by atoms with E-state index in [1.165, 1.54) is 11.9 Å². The average Bonchev–Trinajstić information content (AvgIpc) is 3.00. The van der Waals surface area contributed by atoms with Crippen molar-refractivity contribution in [3.63, 3.8) is 0 Å². The molecule has 1 heterocycles. The molecule has 9 heteroatoms. The predicted molar refractivity (Wildman–Crippen MR) is 109 cm³/mol. The Morgan fingerprint density at radius 3 is 2.76 bits per heavy atom. The molecular weight excluding hydrogens is 433 g/mol. The number of rotatable bonds is 6. The van der Waals surface area contributed by atoms with Gasteiger partial charge in [0, 0.05) is 19.8 Å². The number of hydrogen-bond donors (Lipinski definition) is 3. The minimum absolute atomic E-state index is 0. The molecule has 0 unspecified atom stereocenters. The van der Waals surface area contributed by atoms with Crippen LogP contribution in [0.15, 0.2) is 35.6 Å². The number of amides is 1. The van der Waals surface area contributed by atoms with Crippen molar-refractivity contribution in [2.75, 3.05) is 18.9 Å². The van der Waals surface area contributed by atoms with Crippen molar-refractivity contribution in [1.82, 2.24) is 25.4 Å². The number of nitrogens with one attached hydrogen (secondary N) is 3. The first-order valence-electron chi connectivity index (χ1n) is 7.78. The van der Waals surface area contributed by atoms with Crippen molar-refractivity contribution in [2.24, 2.45) is 12.0 Å². The summed E-state index contributed by atoms with van der Waals surface area (Å²) >= 11 is 0. The van der Waals surface area contributed by atoms with E-state index < -0.39 is 0 Å². The maximum Gasteiger partial charge on any atom is 0.243 e. The van der Waals surface area contributed by atoms with Crippen molar-refractivity contribution >= 4 is 41.5 Å². The molecule has 1 amide bonds. The van der Waals surface area contributed by atoms with Gasteiger partial charge in [-0.2, -0.15) is 5.10 Å². The molecule has 1 aromatic carbocycles. The van der Waals surface area contributed by atoms with Gasteiger partial charge in [0.2, 0.25) is 5.91 Å². The van der Waals surface area contributed by atoms with E-state index >= 15 is 0 Å². The molecule has 0 atom stereocenters. The third-order valence-electron chi connectivity index (χ3n) is 3.48. The maximum absolute atomic E-state index is 12.0. The highest BCUT2D eigenvalue weighted by Crippen LogP contribution is 2.10. The number of carbonyl (C=O) groups is 1. The van der Waals surface area contributed by atoms with E-state index in [0.717, 1.165) is 17.9 Å². The molecule has 3 N–H and O–H groups in total. The van der Waals surface area contributed by atoms with Gasteiger partial charge in [-0.15, -0.1) is 24.0 Å². The third-order valence-corrected chi connectivity index (χ3v) is 3.48. The van der Waals surface area contributed by atoms with Crippen LogP contribution in [0.2, 0.25) is 0 Å². The van der Waals surface area contributed by atoms with Crippen molar-refractivity contribution in [3.8, 4) is 0 Å². The summed E-state index contributed by atoms with van der Waals surface area (Å²) in [4.78, 5) is 20.2. The lowest BCUT2D eigenvalue weighted by atomic mass is 10.1. The first-order valence-corrected chi connectivity index (χ1v) is 7.78. The van der Waals surface area contributed by atoms with Gasteiger partial charge in [0.25, 0.3) is 0 Å². The van der Waals surface area contributed by atoms with Gasteiger partial charge in [0.15, 0.2) is 5.96 Å². The molecule has 0 saturated carbocycles. The summed E-state index contributed by atoms with van der Waals surface area (Å²) < 4.78 is 1.67. The number of aliphatic imine (C=N–C) groups is 1. The van der Waals surface area contributed by atoms with Crippen molar-refractivity contribution in [1.29, 1.82) is 0 Å². The van der Waals surface area contributed by atoms with Gasteiger partial charge in [-0.1, -0.05) is 19.1 Å². The minimum atomic E-state index is -0.134. The number of hydrogen-bond acceptors (Lipinski definition) is 4. The van der Waals surface area contributed by atoms with Gasteiger partial charge in [-0.3, -0.25) is 14.5 Å². The molecule has 0 spiro atoms. The fourth-order valence-electron chi connectivity index (χ4n) is 2.10. The Morgan fingerprint density at radius 1 is 1.32 bits per heavy atom. The van der Waals surface area contributed by atoms with E-state index in [1.54, 1.807) is 11.7 Å². The molecule has 0 saturated heterocycles. The molecule has 0 aliphatic rings. The fraction of sp³-hybridized carbons (Fsp3) is 0.375. The molecule has 25 heavy (non-hydrogen) atoms. The Labute approximate surface area is 164 Å². The molecule has 0 radical (unpaired) electrons. The standard InChI is InChI=1S/C16H23N7O.HI/c1-4-12-6-5-7-13(8-12)22-15(24)10-19-16(17-2)18-9-14-20-11-21-23(14)3;/h5-8,11H,4,9-10H2,1-3H3,(H,22,24)(H2,17,18,19);1H. The molecule has 0 aliphatic carbocycles. The highest BCUT2D eigenvalue weighted by atomic mass is 127. The third kappa shape index (κ3) is 6.69. The molecule has 0 fully saturated rings. The lowest BCUT2D eigenvalue weighted by Crippen LogP contribution is -2.41. The number of anilines is 1. The number of nitrogens with zero attached hydrogens (tertiary/aromatic N) is 4. The van der Waals surface area contributed by atoms with Crippen molar-refractivity contribution in [2.45, 2.75) is 19.9 Å². The minimum Gasteiger partial charge on any atom is -0.349 e. The largest absolute Gasteiger partial charge is 0.349 e. The quantitative estimate of drug-likeness (QED) is 0.345. The Bertz CT molecular complexity index is 714. The molecule has 2 aromatic rings. The lowest BCUT2D eigenvalue weighted by molar-refractivity contribution is -0.115. The summed E-state index contributed by atoms with van der Waals surface area (Å²) in [6.45, 7) is 2.67. The summed E-state index contributed by atoms with van der Waals surface area (Å²) in [6.07, 6.45) is 2.42. The number of carbonyl (C=O) groups excluding carboxylic acids is 1. The number of halogens is 1. The maximum atomic E-state index is 12.0. The van der Waals surface area contributed by atoms with Crippen LogP contribution in [0, 0.1) is 0 Å². The highest BCUT2D eigenvalue weighted by molar-refractivity contribution is 14.0. The van der Waals surface area contributed by atoms with E-state index in [1.807, 2.05) is 31.3 Å². The summed E-state index contributed by atoms with van der Waals surface area (Å²) in [5, 5.41) is 12.9.